The number of anilines is 2. The normalized spacial score (nSPS) is 33.1. The summed E-state index contributed by atoms with van der Waals surface area (Å²) < 4.78 is 0. The molecule has 5 heteroatoms. The number of rotatable bonds is 1. The molecule has 0 spiro atoms. The lowest BCUT2D eigenvalue weighted by molar-refractivity contribution is 0.133. The molecule has 3 atom stereocenters. The largest absolute Gasteiger partial charge is 0.393 e. The van der Waals surface area contributed by atoms with Crippen molar-refractivity contribution >= 4 is 11.6 Å². The zero-order valence-corrected chi connectivity index (χ0v) is 9.08. The highest BCUT2D eigenvalue weighted by Crippen LogP contribution is 2.40. The molecule has 0 radical (unpaired) electrons. The van der Waals surface area contributed by atoms with Gasteiger partial charge in [0.15, 0.2) is 11.6 Å². The number of nitrogen functional groups attached to an aromatic ring is 1. The molecule has 3 rings (SSSR count). The minimum absolute atomic E-state index is 0.145. The van der Waals surface area contributed by atoms with Gasteiger partial charge in [0.25, 0.3) is 0 Å². The first kappa shape index (κ1) is 9.84. The number of aromatic nitrogens is 2. The van der Waals surface area contributed by atoms with E-state index in [1.807, 2.05) is 0 Å². The molecule has 1 aromatic heterocycles. The van der Waals surface area contributed by atoms with E-state index in [2.05, 4.69) is 14.9 Å². The molecule has 0 bridgehead atoms. The van der Waals surface area contributed by atoms with Gasteiger partial charge in [-0.05, 0) is 18.8 Å². The smallest absolute Gasteiger partial charge is 0.171 e. The van der Waals surface area contributed by atoms with Crippen LogP contribution in [0, 0.1) is 11.8 Å². The van der Waals surface area contributed by atoms with E-state index in [1.54, 1.807) is 12.4 Å². The molecule has 3 N–H and O–H groups in total. The van der Waals surface area contributed by atoms with E-state index >= 15 is 0 Å². The second-order valence-electron chi connectivity index (χ2n) is 4.74. The Balaban J connectivity index is 1.82. The molecule has 5 nitrogen and oxygen atoms in total. The van der Waals surface area contributed by atoms with Gasteiger partial charge >= 0.3 is 0 Å². The Morgan fingerprint density at radius 3 is 2.81 bits per heavy atom. The number of aliphatic hydroxyl groups excluding tert-OH is 1. The summed E-state index contributed by atoms with van der Waals surface area (Å²) in [4.78, 5) is 10.5. The van der Waals surface area contributed by atoms with Crippen molar-refractivity contribution in [1.82, 2.24) is 9.97 Å². The lowest BCUT2D eigenvalue weighted by Crippen LogP contribution is -2.26. The predicted octanol–water partition coefficient (Wildman–Crippen LogP) is 0.266. The van der Waals surface area contributed by atoms with E-state index in [-0.39, 0.29) is 6.10 Å². The minimum atomic E-state index is -0.145. The summed E-state index contributed by atoms with van der Waals surface area (Å²) >= 11 is 0. The number of fused-ring (bicyclic) bond motifs is 1. The quantitative estimate of drug-likeness (QED) is 0.710. The molecule has 1 aromatic rings. The zero-order chi connectivity index (χ0) is 11.1. The summed E-state index contributed by atoms with van der Waals surface area (Å²) in [5.41, 5.74) is 5.81. The second kappa shape index (κ2) is 3.59. The fraction of sp³-hybridized carbons (Fsp3) is 0.636. The van der Waals surface area contributed by atoms with Crippen LogP contribution in [0.1, 0.15) is 12.8 Å². The van der Waals surface area contributed by atoms with Crippen LogP contribution in [-0.4, -0.2) is 34.3 Å². The van der Waals surface area contributed by atoms with Gasteiger partial charge in [0.2, 0.25) is 0 Å². The SMILES string of the molecule is Nc1nccnc1N1CC2CCC(O)C2C1. The van der Waals surface area contributed by atoms with Crippen LogP contribution in [-0.2, 0) is 0 Å². The van der Waals surface area contributed by atoms with Crippen molar-refractivity contribution in [2.75, 3.05) is 23.7 Å². The van der Waals surface area contributed by atoms with Crippen molar-refractivity contribution in [3.63, 3.8) is 0 Å². The van der Waals surface area contributed by atoms with Gasteiger partial charge in [0.1, 0.15) is 0 Å². The molecule has 86 valence electrons. The van der Waals surface area contributed by atoms with Gasteiger partial charge in [-0.1, -0.05) is 0 Å². The Labute approximate surface area is 94.3 Å². The van der Waals surface area contributed by atoms with Gasteiger partial charge < -0.3 is 15.7 Å². The monoisotopic (exact) mass is 220 g/mol. The molecule has 2 heterocycles. The van der Waals surface area contributed by atoms with E-state index < -0.39 is 0 Å². The summed E-state index contributed by atoms with van der Waals surface area (Å²) in [6, 6.07) is 0. The molecule has 1 aliphatic carbocycles. The number of nitrogens with two attached hydrogens (primary N) is 1. The Morgan fingerprint density at radius 2 is 2.06 bits per heavy atom. The van der Waals surface area contributed by atoms with Crippen LogP contribution < -0.4 is 10.6 Å². The fourth-order valence-corrected chi connectivity index (χ4v) is 2.99. The Bertz CT molecular complexity index is 397. The van der Waals surface area contributed by atoms with Gasteiger partial charge in [-0.3, -0.25) is 0 Å². The van der Waals surface area contributed by atoms with Crippen molar-refractivity contribution in [3.05, 3.63) is 12.4 Å². The summed E-state index contributed by atoms with van der Waals surface area (Å²) in [5.74, 6) is 2.24. The number of hydrogen-bond donors (Lipinski definition) is 2. The molecule has 16 heavy (non-hydrogen) atoms. The number of nitrogens with zero attached hydrogens (tertiary/aromatic N) is 3. The van der Waals surface area contributed by atoms with E-state index in [4.69, 9.17) is 5.73 Å². The summed E-state index contributed by atoms with van der Waals surface area (Å²) in [6.45, 7) is 1.80. The molecular weight excluding hydrogens is 204 g/mol. The highest BCUT2D eigenvalue weighted by Gasteiger charge is 2.42. The lowest BCUT2D eigenvalue weighted by Gasteiger charge is -2.19. The Kier molecular flexibility index (Phi) is 2.21. The molecule has 0 aromatic carbocycles. The highest BCUT2D eigenvalue weighted by molar-refractivity contribution is 5.58. The lowest BCUT2D eigenvalue weighted by atomic mass is 10.00. The van der Waals surface area contributed by atoms with Crippen LogP contribution in [0.4, 0.5) is 11.6 Å². The molecule has 3 unspecified atom stereocenters. The Morgan fingerprint density at radius 1 is 1.25 bits per heavy atom. The maximum absolute atomic E-state index is 9.84. The van der Waals surface area contributed by atoms with Gasteiger partial charge in [-0.25, -0.2) is 9.97 Å². The molecular formula is C11H16N4O. The third kappa shape index (κ3) is 1.43. The third-order valence-corrected chi connectivity index (χ3v) is 3.82. The predicted molar refractivity (Wildman–Crippen MR) is 60.9 cm³/mol. The zero-order valence-electron chi connectivity index (χ0n) is 9.08. The van der Waals surface area contributed by atoms with E-state index in [1.165, 1.54) is 0 Å². The van der Waals surface area contributed by atoms with E-state index in [0.717, 1.165) is 31.7 Å². The van der Waals surface area contributed by atoms with Gasteiger partial charge in [-0.2, -0.15) is 0 Å². The van der Waals surface area contributed by atoms with Crippen LogP contribution >= 0.6 is 0 Å². The van der Waals surface area contributed by atoms with Crippen LogP contribution in [0.3, 0.4) is 0 Å². The number of aliphatic hydroxyl groups is 1. The maximum Gasteiger partial charge on any atom is 0.171 e. The average Bonchev–Trinajstić information content (AvgIpc) is 2.82. The van der Waals surface area contributed by atoms with E-state index in [0.29, 0.717) is 17.7 Å². The topological polar surface area (TPSA) is 75.3 Å². The molecule has 2 aliphatic rings. The van der Waals surface area contributed by atoms with Gasteiger partial charge in [-0.15, -0.1) is 0 Å². The van der Waals surface area contributed by atoms with Crippen LogP contribution in [0.25, 0.3) is 0 Å². The molecule has 1 aliphatic heterocycles. The fourth-order valence-electron chi connectivity index (χ4n) is 2.99. The third-order valence-electron chi connectivity index (χ3n) is 3.82. The Hall–Kier alpha value is -1.36. The first-order valence-corrected chi connectivity index (χ1v) is 5.75. The summed E-state index contributed by atoms with van der Waals surface area (Å²) in [5, 5.41) is 9.84. The van der Waals surface area contributed by atoms with Gasteiger partial charge in [0, 0.05) is 31.4 Å². The van der Waals surface area contributed by atoms with Crippen molar-refractivity contribution < 1.29 is 5.11 Å². The maximum atomic E-state index is 9.84. The first-order valence-electron chi connectivity index (χ1n) is 5.75. The second-order valence-corrected chi connectivity index (χ2v) is 4.74. The molecule has 1 saturated heterocycles. The van der Waals surface area contributed by atoms with Crippen LogP contribution in [0.15, 0.2) is 12.4 Å². The molecule has 1 saturated carbocycles. The summed E-state index contributed by atoms with van der Waals surface area (Å²) in [7, 11) is 0. The number of hydrogen-bond acceptors (Lipinski definition) is 5. The average molecular weight is 220 g/mol. The standard InChI is InChI=1S/C11H16N4O/c12-10-11(14-4-3-13-10)15-5-7-1-2-9(16)8(7)6-15/h3-4,7-9,16H,1-2,5-6H2,(H2,12,13). The van der Waals surface area contributed by atoms with Crippen molar-refractivity contribution in [2.24, 2.45) is 11.8 Å². The first-order chi connectivity index (χ1) is 7.75. The van der Waals surface area contributed by atoms with Crippen LogP contribution in [0.2, 0.25) is 0 Å². The van der Waals surface area contributed by atoms with Crippen molar-refractivity contribution in [1.29, 1.82) is 0 Å². The van der Waals surface area contributed by atoms with E-state index in [9.17, 15) is 5.11 Å². The highest BCUT2D eigenvalue weighted by atomic mass is 16.3. The molecule has 2 fully saturated rings. The van der Waals surface area contributed by atoms with Crippen LogP contribution in [0.5, 0.6) is 0 Å². The minimum Gasteiger partial charge on any atom is -0.393 e. The molecule has 0 amide bonds. The van der Waals surface area contributed by atoms with Gasteiger partial charge in [0.05, 0.1) is 6.10 Å². The van der Waals surface area contributed by atoms with Crippen molar-refractivity contribution in [3.8, 4) is 0 Å². The summed E-state index contributed by atoms with van der Waals surface area (Å²) in [6.07, 6.45) is 5.18. The van der Waals surface area contributed by atoms with Crippen molar-refractivity contribution in [2.45, 2.75) is 18.9 Å².